The standard InChI is InChI=1S/C18H35N3O2/c1-18(2)8-5-16(6-9-18)21-17(19-3)20-10-4-11-22-13-15-7-12-23-14-15/h15-16H,4-14H2,1-3H3,(H2,19,20,21). The molecule has 1 aliphatic carbocycles. The smallest absolute Gasteiger partial charge is 0.191 e. The number of guanidine groups is 1. The zero-order valence-electron chi connectivity index (χ0n) is 15.2. The van der Waals surface area contributed by atoms with Gasteiger partial charge in [0, 0.05) is 38.8 Å². The molecule has 1 saturated carbocycles. The van der Waals surface area contributed by atoms with Crippen LogP contribution in [-0.4, -0.2) is 52.0 Å². The van der Waals surface area contributed by atoms with E-state index in [1.807, 2.05) is 7.05 Å². The molecule has 0 spiro atoms. The second-order valence-corrected chi connectivity index (χ2v) is 7.74. The van der Waals surface area contributed by atoms with E-state index in [2.05, 4.69) is 29.5 Å². The third-order valence-electron chi connectivity index (χ3n) is 5.04. The SMILES string of the molecule is CN=C(NCCCOCC1CCOC1)NC1CCC(C)(C)CC1. The van der Waals surface area contributed by atoms with E-state index >= 15 is 0 Å². The lowest BCUT2D eigenvalue weighted by atomic mass is 9.75. The van der Waals surface area contributed by atoms with Crippen molar-refractivity contribution in [1.29, 1.82) is 0 Å². The van der Waals surface area contributed by atoms with Crippen molar-refractivity contribution in [1.82, 2.24) is 10.6 Å². The lowest BCUT2D eigenvalue weighted by Gasteiger charge is -2.35. The van der Waals surface area contributed by atoms with E-state index in [-0.39, 0.29) is 0 Å². The van der Waals surface area contributed by atoms with Gasteiger partial charge in [-0.1, -0.05) is 13.8 Å². The third kappa shape index (κ3) is 7.08. The van der Waals surface area contributed by atoms with Gasteiger partial charge >= 0.3 is 0 Å². The Morgan fingerprint density at radius 3 is 2.70 bits per heavy atom. The average Bonchev–Trinajstić information content (AvgIpc) is 3.04. The number of ether oxygens (including phenoxy) is 2. The van der Waals surface area contributed by atoms with Crippen LogP contribution in [0.15, 0.2) is 4.99 Å². The van der Waals surface area contributed by atoms with Crippen molar-refractivity contribution < 1.29 is 9.47 Å². The first-order chi connectivity index (χ1) is 11.1. The summed E-state index contributed by atoms with van der Waals surface area (Å²) in [5.74, 6) is 1.53. The van der Waals surface area contributed by atoms with Crippen LogP contribution in [-0.2, 0) is 9.47 Å². The Bertz CT molecular complexity index is 355. The zero-order chi connectivity index (χ0) is 16.5. The molecule has 1 saturated heterocycles. The molecule has 0 bridgehead atoms. The van der Waals surface area contributed by atoms with Gasteiger partial charge in [-0.2, -0.15) is 0 Å². The molecule has 0 aromatic heterocycles. The van der Waals surface area contributed by atoms with Crippen LogP contribution >= 0.6 is 0 Å². The molecular formula is C18H35N3O2. The number of aliphatic imine (C=N–C) groups is 1. The van der Waals surface area contributed by atoms with Gasteiger partial charge in [0.05, 0.1) is 13.2 Å². The molecule has 1 heterocycles. The van der Waals surface area contributed by atoms with Crippen molar-refractivity contribution in [2.45, 2.75) is 58.4 Å². The molecule has 0 aromatic carbocycles. The summed E-state index contributed by atoms with van der Waals surface area (Å²) in [4.78, 5) is 4.34. The molecule has 2 fully saturated rings. The van der Waals surface area contributed by atoms with Crippen molar-refractivity contribution in [2.75, 3.05) is 40.0 Å². The van der Waals surface area contributed by atoms with Crippen LogP contribution in [0.4, 0.5) is 0 Å². The van der Waals surface area contributed by atoms with Gasteiger partial charge in [-0.05, 0) is 43.9 Å². The van der Waals surface area contributed by atoms with E-state index in [1.54, 1.807) is 0 Å². The topological polar surface area (TPSA) is 54.9 Å². The first-order valence-electron chi connectivity index (χ1n) is 9.22. The minimum Gasteiger partial charge on any atom is -0.381 e. The van der Waals surface area contributed by atoms with Crippen molar-refractivity contribution in [3.63, 3.8) is 0 Å². The fourth-order valence-corrected chi connectivity index (χ4v) is 3.28. The van der Waals surface area contributed by atoms with Crippen molar-refractivity contribution in [3.8, 4) is 0 Å². The van der Waals surface area contributed by atoms with Gasteiger partial charge in [0.25, 0.3) is 0 Å². The molecule has 1 unspecified atom stereocenters. The summed E-state index contributed by atoms with van der Waals surface area (Å²) in [6.45, 7) is 9.05. The lowest BCUT2D eigenvalue weighted by molar-refractivity contribution is 0.0888. The molecule has 5 heteroatoms. The molecule has 0 amide bonds. The second kappa shape index (κ2) is 9.48. The molecule has 0 radical (unpaired) electrons. The number of hydrogen-bond donors (Lipinski definition) is 2. The van der Waals surface area contributed by atoms with Gasteiger partial charge < -0.3 is 20.1 Å². The molecule has 5 nitrogen and oxygen atoms in total. The Labute approximate surface area is 141 Å². The molecule has 2 rings (SSSR count). The first-order valence-corrected chi connectivity index (χ1v) is 9.22. The van der Waals surface area contributed by atoms with E-state index in [1.165, 1.54) is 25.7 Å². The van der Waals surface area contributed by atoms with Crippen molar-refractivity contribution >= 4 is 5.96 Å². The Hall–Kier alpha value is -0.810. The molecule has 134 valence electrons. The fourth-order valence-electron chi connectivity index (χ4n) is 3.28. The van der Waals surface area contributed by atoms with E-state index in [0.29, 0.717) is 17.4 Å². The molecule has 23 heavy (non-hydrogen) atoms. The fraction of sp³-hybridized carbons (Fsp3) is 0.944. The third-order valence-corrected chi connectivity index (χ3v) is 5.04. The Morgan fingerprint density at radius 1 is 1.26 bits per heavy atom. The van der Waals surface area contributed by atoms with Gasteiger partial charge in [-0.15, -0.1) is 0 Å². The van der Waals surface area contributed by atoms with E-state index < -0.39 is 0 Å². The number of nitrogens with one attached hydrogen (secondary N) is 2. The van der Waals surface area contributed by atoms with Crippen LogP contribution in [0.2, 0.25) is 0 Å². The lowest BCUT2D eigenvalue weighted by Crippen LogP contribution is -2.45. The Morgan fingerprint density at radius 2 is 2.04 bits per heavy atom. The van der Waals surface area contributed by atoms with Crippen molar-refractivity contribution in [2.24, 2.45) is 16.3 Å². The summed E-state index contributed by atoms with van der Waals surface area (Å²) < 4.78 is 11.1. The minimum absolute atomic E-state index is 0.511. The maximum atomic E-state index is 5.73. The van der Waals surface area contributed by atoms with Gasteiger partial charge in [-0.3, -0.25) is 4.99 Å². The molecule has 2 N–H and O–H groups in total. The Kier molecular flexibility index (Phi) is 7.63. The van der Waals surface area contributed by atoms with Crippen LogP contribution in [0.5, 0.6) is 0 Å². The van der Waals surface area contributed by atoms with Gasteiger partial charge in [0.1, 0.15) is 0 Å². The highest BCUT2D eigenvalue weighted by Crippen LogP contribution is 2.34. The number of hydrogen-bond acceptors (Lipinski definition) is 3. The van der Waals surface area contributed by atoms with Crippen LogP contribution in [0.3, 0.4) is 0 Å². The highest BCUT2D eigenvalue weighted by atomic mass is 16.5. The molecule has 1 aliphatic heterocycles. The van der Waals surface area contributed by atoms with Crippen LogP contribution in [0.25, 0.3) is 0 Å². The zero-order valence-corrected chi connectivity index (χ0v) is 15.2. The molecule has 0 aromatic rings. The number of rotatable bonds is 7. The maximum Gasteiger partial charge on any atom is 0.191 e. The maximum absolute atomic E-state index is 5.73. The van der Waals surface area contributed by atoms with Crippen LogP contribution < -0.4 is 10.6 Å². The largest absolute Gasteiger partial charge is 0.381 e. The normalized spacial score (nSPS) is 25.5. The summed E-state index contributed by atoms with van der Waals surface area (Å²) in [5, 5.41) is 6.96. The summed E-state index contributed by atoms with van der Waals surface area (Å²) in [7, 11) is 1.85. The molecular weight excluding hydrogens is 290 g/mol. The van der Waals surface area contributed by atoms with E-state index in [0.717, 1.165) is 51.8 Å². The molecule has 2 aliphatic rings. The van der Waals surface area contributed by atoms with Gasteiger partial charge in [-0.25, -0.2) is 0 Å². The van der Waals surface area contributed by atoms with Crippen LogP contribution in [0, 0.1) is 11.3 Å². The van der Waals surface area contributed by atoms with Crippen LogP contribution in [0.1, 0.15) is 52.4 Å². The average molecular weight is 325 g/mol. The Balaban J connectivity index is 1.51. The minimum atomic E-state index is 0.511. The monoisotopic (exact) mass is 325 g/mol. The first kappa shape index (κ1) is 18.5. The highest BCUT2D eigenvalue weighted by molar-refractivity contribution is 5.79. The summed E-state index contributed by atoms with van der Waals surface area (Å²) in [6, 6.07) is 0.563. The van der Waals surface area contributed by atoms with Crippen molar-refractivity contribution in [3.05, 3.63) is 0 Å². The second-order valence-electron chi connectivity index (χ2n) is 7.74. The van der Waals surface area contributed by atoms with Gasteiger partial charge in [0.2, 0.25) is 0 Å². The summed E-state index contributed by atoms with van der Waals surface area (Å²) in [5.41, 5.74) is 0.511. The summed E-state index contributed by atoms with van der Waals surface area (Å²) in [6.07, 6.45) is 7.21. The molecule has 1 atom stereocenters. The highest BCUT2D eigenvalue weighted by Gasteiger charge is 2.27. The quantitative estimate of drug-likeness (QED) is 0.429. The summed E-state index contributed by atoms with van der Waals surface area (Å²) >= 11 is 0. The predicted molar refractivity (Wildman–Crippen MR) is 94.9 cm³/mol. The van der Waals surface area contributed by atoms with E-state index in [4.69, 9.17) is 9.47 Å². The van der Waals surface area contributed by atoms with E-state index in [9.17, 15) is 0 Å². The number of nitrogens with zero attached hydrogens (tertiary/aromatic N) is 1. The predicted octanol–water partition coefficient (Wildman–Crippen LogP) is 2.56. The van der Waals surface area contributed by atoms with Gasteiger partial charge in [0.15, 0.2) is 5.96 Å².